The smallest absolute Gasteiger partial charge is 0.319 e. The molecule has 30 heavy (non-hydrogen) atoms. The number of carbonyl (C=O) groups is 5. The van der Waals surface area contributed by atoms with Gasteiger partial charge in [0, 0.05) is 26.7 Å². The van der Waals surface area contributed by atoms with Crippen molar-refractivity contribution in [3.8, 4) is 0 Å². The zero-order chi connectivity index (χ0) is 23.1. The summed E-state index contributed by atoms with van der Waals surface area (Å²) in [6, 6.07) is 0. The Balaban J connectivity index is 2.49. The van der Waals surface area contributed by atoms with Gasteiger partial charge in [0.15, 0.2) is 11.6 Å². The molecular formula is C17H21NO10S2. The van der Waals surface area contributed by atoms with E-state index in [1.165, 1.54) is 0 Å². The van der Waals surface area contributed by atoms with Crippen LogP contribution in [0.15, 0.2) is 23.0 Å². The van der Waals surface area contributed by atoms with Gasteiger partial charge in [-0.05, 0) is 30.9 Å². The first-order chi connectivity index (χ1) is 13.8. The SMILES string of the molecule is CC(=O)C(=O)CCC(=O)NS(=O)(=O)CCCC1=COC(S(=O)(=O)C(=O)C(C)=O)=CC1. The molecule has 0 aromatic heterocycles. The minimum atomic E-state index is -4.54. The lowest BCUT2D eigenvalue weighted by Gasteiger charge is -2.14. The van der Waals surface area contributed by atoms with E-state index in [1.807, 2.05) is 0 Å². The molecule has 166 valence electrons. The molecule has 1 aliphatic rings. The summed E-state index contributed by atoms with van der Waals surface area (Å²) >= 11 is 0. The number of ketones is 3. The molecule has 0 fully saturated rings. The fourth-order valence-corrected chi connectivity index (χ4v) is 4.35. The average Bonchev–Trinajstić information content (AvgIpc) is 2.65. The van der Waals surface area contributed by atoms with Crippen molar-refractivity contribution in [2.24, 2.45) is 0 Å². The number of Topliss-reactive ketones (excluding diaryl/α,β-unsaturated/α-hetero) is 3. The zero-order valence-electron chi connectivity index (χ0n) is 16.3. The van der Waals surface area contributed by atoms with Crippen molar-refractivity contribution in [1.82, 2.24) is 4.72 Å². The van der Waals surface area contributed by atoms with Gasteiger partial charge in [-0.15, -0.1) is 0 Å². The molecule has 0 bridgehead atoms. The van der Waals surface area contributed by atoms with E-state index < -0.39 is 65.5 Å². The van der Waals surface area contributed by atoms with Crippen molar-refractivity contribution in [2.45, 2.75) is 46.0 Å². The van der Waals surface area contributed by atoms with Crippen molar-refractivity contribution in [1.29, 1.82) is 0 Å². The Labute approximate surface area is 173 Å². The molecule has 11 nitrogen and oxygen atoms in total. The Kier molecular flexibility index (Phi) is 8.78. The van der Waals surface area contributed by atoms with E-state index in [9.17, 15) is 40.8 Å². The third kappa shape index (κ3) is 7.63. The van der Waals surface area contributed by atoms with Gasteiger partial charge >= 0.3 is 5.12 Å². The van der Waals surface area contributed by atoms with Gasteiger partial charge < -0.3 is 4.74 Å². The van der Waals surface area contributed by atoms with Gasteiger partial charge in [-0.2, -0.15) is 0 Å². The summed E-state index contributed by atoms with van der Waals surface area (Å²) < 4.78 is 54.2. The number of ether oxygens (including phenoxy) is 1. The Morgan fingerprint density at radius 3 is 2.13 bits per heavy atom. The lowest BCUT2D eigenvalue weighted by molar-refractivity contribution is -0.136. The molecule has 1 rings (SSSR count). The van der Waals surface area contributed by atoms with Crippen LogP contribution in [-0.2, 0) is 48.6 Å². The van der Waals surface area contributed by atoms with Crippen molar-refractivity contribution < 1.29 is 45.5 Å². The minimum absolute atomic E-state index is 0.0688. The Morgan fingerprint density at radius 2 is 1.63 bits per heavy atom. The highest BCUT2D eigenvalue weighted by molar-refractivity contribution is 8.11. The molecule has 1 aliphatic heterocycles. The summed E-state index contributed by atoms with van der Waals surface area (Å²) in [5, 5.41) is -2.25. The van der Waals surface area contributed by atoms with E-state index >= 15 is 0 Å². The van der Waals surface area contributed by atoms with E-state index in [2.05, 4.69) is 0 Å². The fourth-order valence-electron chi connectivity index (χ4n) is 2.23. The molecule has 0 spiro atoms. The molecule has 0 atom stereocenters. The van der Waals surface area contributed by atoms with Gasteiger partial charge in [0.05, 0.1) is 12.0 Å². The minimum Gasteiger partial charge on any atom is -0.453 e. The molecule has 1 heterocycles. The molecule has 0 aromatic carbocycles. The molecule has 0 saturated carbocycles. The third-order valence-corrected chi connectivity index (χ3v) is 6.75. The van der Waals surface area contributed by atoms with Crippen LogP contribution in [0.2, 0.25) is 0 Å². The molecule has 0 aromatic rings. The molecule has 1 N–H and O–H groups in total. The third-order valence-electron chi connectivity index (χ3n) is 3.82. The lowest BCUT2D eigenvalue weighted by Crippen LogP contribution is -2.33. The maximum absolute atomic E-state index is 11.9. The molecule has 1 amide bonds. The quantitative estimate of drug-likeness (QED) is 0.405. The summed E-state index contributed by atoms with van der Waals surface area (Å²) in [6.07, 6.45) is 1.70. The fraction of sp³-hybridized carbons (Fsp3) is 0.471. The van der Waals surface area contributed by atoms with Crippen LogP contribution in [0.25, 0.3) is 0 Å². The largest absolute Gasteiger partial charge is 0.453 e. The molecule has 0 aliphatic carbocycles. The van der Waals surface area contributed by atoms with Gasteiger partial charge in [0.2, 0.25) is 26.8 Å². The molecule has 13 heteroatoms. The number of rotatable bonds is 11. The predicted molar refractivity (Wildman–Crippen MR) is 103 cm³/mol. The van der Waals surface area contributed by atoms with Crippen LogP contribution in [-0.4, -0.2) is 51.0 Å². The highest BCUT2D eigenvalue weighted by Crippen LogP contribution is 2.23. The number of nitrogens with one attached hydrogen (secondary N) is 1. The maximum atomic E-state index is 11.9. The van der Waals surface area contributed by atoms with Crippen molar-refractivity contribution in [3.63, 3.8) is 0 Å². The topological polar surface area (TPSA) is 175 Å². The van der Waals surface area contributed by atoms with Crippen molar-refractivity contribution in [3.05, 3.63) is 23.0 Å². The Hall–Kier alpha value is -2.67. The Morgan fingerprint density at radius 1 is 1.00 bits per heavy atom. The first-order valence-electron chi connectivity index (χ1n) is 8.68. The van der Waals surface area contributed by atoms with Crippen LogP contribution in [0.3, 0.4) is 0 Å². The van der Waals surface area contributed by atoms with Gasteiger partial charge in [-0.25, -0.2) is 16.8 Å². The summed E-state index contributed by atoms with van der Waals surface area (Å²) in [5.74, 6) is -3.96. The van der Waals surface area contributed by atoms with E-state index in [-0.39, 0.29) is 25.7 Å². The van der Waals surface area contributed by atoms with E-state index in [0.29, 0.717) is 5.57 Å². The highest BCUT2D eigenvalue weighted by Gasteiger charge is 2.33. The second kappa shape index (κ2) is 10.4. The Bertz CT molecular complexity index is 1030. The van der Waals surface area contributed by atoms with Crippen LogP contribution >= 0.6 is 0 Å². The molecule has 0 unspecified atom stereocenters. The number of sulfone groups is 1. The standard InChI is InChI=1S/C17H21NO10S2/c1-11(19)14(21)6-7-15(22)18-29(24,25)9-3-4-13-5-8-16(28-10-13)30(26,27)17(23)12(2)20/h8,10H,3-7,9H2,1-2H3,(H,18,22). The summed E-state index contributed by atoms with van der Waals surface area (Å²) in [6.45, 7) is 1.88. The van der Waals surface area contributed by atoms with Crippen LogP contribution in [0.1, 0.15) is 46.0 Å². The molecule has 0 radical (unpaired) electrons. The van der Waals surface area contributed by atoms with Gasteiger partial charge in [-0.3, -0.25) is 28.7 Å². The van der Waals surface area contributed by atoms with Crippen LogP contribution in [0.4, 0.5) is 0 Å². The van der Waals surface area contributed by atoms with Crippen LogP contribution in [0, 0.1) is 0 Å². The van der Waals surface area contributed by atoms with Gasteiger partial charge in [0.25, 0.3) is 9.84 Å². The van der Waals surface area contributed by atoms with E-state index in [0.717, 1.165) is 26.2 Å². The number of hydrogen-bond donors (Lipinski definition) is 1. The van der Waals surface area contributed by atoms with Gasteiger partial charge in [-0.1, -0.05) is 0 Å². The molecular weight excluding hydrogens is 442 g/mol. The maximum Gasteiger partial charge on any atom is 0.319 e. The monoisotopic (exact) mass is 463 g/mol. The predicted octanol–water partition coefficient (Wildman–Crippen LogP) is -0.173. The van der Waals surface area contributed by atoms with Crippen molar-refractivity contribution in [2.75, 3.05) is 5.75 Å². The number of hydrogen-bond acceptors (Lipinski definition) is 10. The van der Waals surface area contributed by atoms with E-state index in [1.54, 1.807) is 4.72 Å². The van der Waals surface area contributed by atoms with E-state index in [4.69, 9.17) is 4.74 Å². The van der Waals surface area contributed by atoms with Gasteiger partial charge in [0.1, 0.15) is 0 Å². The second-order valence-electron chi connectivity index (χ2n) is 6.40. The number of carbonyl (C=O) groups excluding carboxylic acids is 5. The number of allylic oxidation sites excluding steroid dienone is 2. The number of amides is 1. The first-order valence-corrected chi connectivity index (χ1v) is 11.8. The first kappa shape index (κ1) is 25.4. The normalized spacial score (nSPS) is 14.1. The summed E-state index contributed by atoms with van der Waals surface area (Å²) in [5.41, 5.74) is 0.540. The summed E-state index contributed by atoms with van der Waals surface area (Å²) in [4.78, 5) is 55.9. The summed E-state index contributed by atoms with van der Waals surface area (Å²) in [7, 11) is -8.50. The number of sulfonamides is 1. The second-order valence-corrected chi connectivity index (χ2v) is 10.0. The average molecular weight is 463 g/mol. The van der Waals surface area contributed by atoms with Crippen molar-refractivity contribution >= 4 is 48.2 Å². The lowest BCUT2D eigenvalue weighted by atomic mass is 10.1. The zero-order valence-corrected chi connectivity index (χ0v) is 17.9. The van der Waals surface area contributed by atoms with Crippen LogP contribution < -0.4 is 4.72 Å². The van der Waals surface area contributed by atoms with Crippen LogP contribution in [0.5, 0.6) is 0 Å². The molecule has 0 saturated heterocycles. The highest BCUT2D eigenvalue weighted by atomic mass is 32.2.